The van der Waals surface area contributed by atoms with Crippen molar-refractivity contribution in [3.63, 3.8) is 0 Å². The molecule has 18 heavy (non-hydrogen) atoms. The molecule has 5 nitrogen and oxygen atoms in total. The molecule has 98 valence electrons. The lowest BCUT2D eigenvalue weighted by molar-refractivity contribution is 0.0951. The van der Waals surface area contributed by atoms with Gasteiger partial charge in [0.1, 0.15) is 12.4 Å². The average molecular weight is 250 g/mol. The van der Waals surface area contributed by atoms with E-state index < -0.39 is 0 Å². The van der Waals surface area contributed by atoms with Gasteiger partial charge in [-0.3, -0.25) is 10.2 Å². The van der Waals surface area contributed by atoms with Gasteiger partial charge in [0.2, 0.25) is 0 Å². The average Bonchev–Trinajstić information content (AvgIpc) is 2.42. The van der Waals surface area contributed by atoms with Gasteiger partial charge in [-0.15, -0.1) is 6.58 Å². The zero-order valence-corrected chi connectivity index (χ0v) is 10.2. The van der Waals surface area contributed by atoms with E-state index in [1.807, 2.05) is 0 Å². The molecular weight excluding hydrogens is 232 g/mol. The van der Waals surface area contributed by atoms with Crippen molar-refractivity contribution in [3.05, 3.63) is 42.5 Å². The first-order chi connectivity index (χ1) is 8.77. The summed E-state index contributed by atoms with van der Waals surface area (Å²) >= 11 is 0. The van der Waals surface area contributed by atoms with E-state index >= 15 is 0 Å². The molecular formula is C13H18N2O3. The van der Waals surface area contributed by atoms with Gasteiger partial charge in [-0.2, -0.15) is 0 Å². The van der Waals surface area contributed by atoms with E-state index in [2.05, 4.69) is 12.0 Å². The molecule has 0 saturated heterocycles. The van der Waals surface area contributed by atoms with E-state index in [0.717, 1.165) is 6.42 Å². The van der Waals surface area contributed by atoms with Crippen LogP contribution >= 0.6 is 0 Å². The van der Waals surface area contributed by atoms with Crippen LogP contribution in [0.4, 0.5) is 0 Å². The molecule has 5 heteroatoms. The van der Waals surface area contributed by atoms with Crippen molar-refractivity contribution in [3.8, 4) is 5.75 Å². The number of amides is 1. The molecule has 0 unspecified atom stereocenters. The minimum atomic E-state index is -0.345. The zero-order chi connectivity index (χ0) is 13.2. The third kappa shape index (κ3) is 4.99. The molecule has 0 aliphatic rings. The van der Waals surface area contributed by atoms with Gasteiger partial charge in [-0.1, -0.05) is 12.1 Å². The van der Waals surface area contributed by atoms with Crippen LogP contribution in [0.25, 0.3) is 0 Å². The molecule has 1 rings (SSSR count). The number of hydrogen-bond donors (Lipinski definition) is 2. The fourth-order valence-electron chi connectivity index (χ4n) is 1.30. The fourth-order valence-corrected chi connectivity index (χ4v) is 1.30. The first-order valence-electron chi connectivity index (χ1n) is 5.70. The SMILES string of the molecule is C=CCCOCCOc1cccc(C(=O)NN)c1. The summed E-state index contributed by atoms with van der Waals surface area (Å²) in [6.07, 6.45) is 2.63. The Morgan fingerprint density at radius 1 is 1.39 bits per heavy atom. The number of ether oxygens (including phenoxy) is 2. The van der Waals surface area contributed by atoms with Crippen molar-refractivity contribution in [1.29, 1.82) is 0 Å². The molecule has 0 heterocycles. The molecule has 0 aliphatic heterocycles. The van der Waals surface area contributed by atoms with Gasteiger partial charge < -0.3 is 9.47 Å². The predicted octanol–water partition coefficient (Wildman–Crippen LogP) is 1.26. The second kappa shape index (κ2) is 8.27. The van der Waals surface area contributed by atoms with Crippen LogP contribution in [0.3, 0.4) is 0 Å². The van der Waals surface area contributed by atoms with Crippen LogP contribution in [-0.2, 0) is 4.74 Å². The topological polar surface area (TPSA) is 73.6 Å². The number of nitrogen functional groups attached to an aromatic ring is 1. The lowest BCUT2D eigenvalue weighted by Crippen LogP contribution is -2.29. The highest BCUT2D eigenvalue weighted by atomic mass is 16.5. The zero-order valence-electron chi connectivity index (χ0n) is 10.2. The number of carbonyl (C=O) groups excluding carboxylic acids is 1. The molecule has 0 spiro atoms. The molecule has 3 N–H and O–H groups in total. The Kier molecular flexibility index (Phi) is 6.53. The highest BCUT2D eigenvalue weighted by Gasteiger charge is 2.04. The van der Waals surface area contributed by atoms with Crippen LogP contribution in [-0.4, -0.2) is 25.7 Å². The molecule has 0 bridgehead atoms. The summed E-state index contributed by atoms with van der Waals surface area (Å²) in [4.78, 5) is 11.3. The van der Waals surface area contributed by atoms with Crippen LogP contribution in [0.15, 0.2) is 36.9 Å². The molecule has 1 aromatic carbocycles. The van der Waals surface area contributed by atoms with Gasteiger partial charge in [0.15, 0.2) is 0 Å². The van der Waals surface area contributed by atoms with E-state index in [1.165, 1.54) is 0 Å². The van der Waals surface area contributed by atoms with Gasteiger partial charge in [-0.25, -0.2) is 5.84 Å². The standard InChI is InChI=1S/C13H18N2O3/c1-2-3-7-17-8-9-18-12-6-4-5-11(10-12)13(16)15-14/h2,4-6,10H,1,3,7-9,14H2,(H,15,16). The number of hydrazine groups is 1. The lowest BCUT2D eigenvalue weighted by atomic mass is 10.2. The Hall–Kier alpha value is -1.85. The first kappa shape index (κ1) is 14.2. The summed E-state index contributed by atoms with van der Waals surface area (Å²) < 4.78 is 10.7. The first-order valence-corrected chi connectivity index (χ1v) is 5.70. The molecule has 0 saturated carbocycles. The number of nitrogens with two attached hydrogens (primary N) is 1. The number of nitrogens with one attached hydrogen (secondary N) is 1. The maximum atomic E-state index is 11.3. The minimum Gasteiger partial charge on any atom is -0.491 e. The number of carbonyl (C=O) groups is 1. The third-order valence-corrected chi connectivity index (χ3v) is 2.19. The fraction of sp³-hybridized carbons (Fsp3) is 0.308. The van der Waals surface area contributed by atoms with Crippen molar-refractivity contribution in [2.45, 2.75) is 6.42 Å². The molecule has 0 radical (unpaired) electrons. The molecule has 0 fully saturated rings. The Bertz CT molecular complexity index is 394. The quantitative estimate of drug-likeness (QED) is 0.239. The van der Waals surface area contributed by atoms with Gasteiger partial charge in [-0.05, 0) is 24.6 Å². The van der Waals surface area contributed by atoms with Crippen LogP contribution in [0.2, 0.25) is 0 Å². The minimum absolute atomic E-state index is 0.345. The summed E-state index contributed by atoms with van der Waals surface area (Å²) in [6, 6.07) is 6.80. The van der Waals surface area contributed by atoms with E-state index in [0.29, 0.717) is 31.1 Å². The molecule has 0 aromatic heterocycles. The summed E-state index contributed by atoms with van der Waals surface area (Å²) in [5.74, 6) is 5.32. The van der Waals surface area contributed by atoms with Crippen molar-refractivity contribution in [1.82, 2.24) is 5.43 Å². The maximum Gasteiger partial charge on any atom is 0.265 e. The summed E-state index contributed by atoms with van der Waals surface area (Å²) in [5.41, 5.74) is 2.53. The Morgan fingerprint density at radius 2 is 2.22 bits per heavy atom. The Labute approximate surface area is 107 Å². The van der Waals surface area contributed by atoms with Crippen LogP contribution < -0.4 is 16.0 Å². The maximum absolute atomic E-state index is 11.3. The highest BCUT2D eigenvalue weighted by Crippen LogP contribution is 2.12. The van der Waals surface area contributed by atoms with Gasteiger partial charge >= 0.3 is 0 Å². The predicted molar refractivity (Wildman–Crippen MR) is 69.2 cm³/mol. The van der Waals surface area contributed by atoms with Crippen LogP contribution in [0.1, 0.15) is 16.8 Å². The van der Waals surface area contributed by atoms with Gasteiger partial charge in [0.25, 0.3) is 5.91 Å². The van der Waals surface area contributed by atoms with E-state index in [-0.39, 0.29) is 5.91 Å². The van der Waals surface area contributed by atoms with Crippen molar-refractivity contribution in [2.75, 3.05) is 19.8 Å². The highest BCUT2D eigenvalue weighted by molar-refractivity contribution is 5.94. The Morgan fingerprint density at radius 3 is 2.94 bits per heavy atom. The Balaban J connectivity index is 2.33. The van der Waals surface area contributed by atoms with Crippen molar-refractivity contribution >= 4 is 5.91 Å². The largest absolute Gasteiger partial charge is 0.491 e. The van der Waals surface area contributed by atoms with Gasteiger partial charge in [0, 0.05) is 5.56 Å². The number of hydrogen-bond acceptors (Lipinski definition) is 4. The molecule has 0 aliphatic carbocycles. The second-order valence-electron chi connectivity index (χ2n) is 3.54. The van der Waals surface area contributed by atoms with E-state index in [1.54, 1.807) is 30.3 Å². The van der Waals surface area contributed by atoms with Crippen molar-refractivity contribution < 1.29 is 14.3 Å². The summed E-state index contributed by atoms with van der Waals surface area (Å²) in [7, 11) is 0. The summed E-state index contributed by atoms with van der Waals surface area (Å²) in [5, 5.41) is 0. The van der Waals surface area contributed by atoms with Crippen LogP contribution in [0.5, 0.6) is 5.75 Å². The van der Waals surface area contributed by atoms with Crippen molar-refractivity contribution in [2.24, 2.45) is 5.84 Å². The van der Waals surface area contributed by atoms with E-state index in [9.17, 15) is 4.79 Å². The molecule has 1 amide bonds. The van der Waals surface area contributed by atoms with Crippen LogP contribution in [0, 0.1) is 0 Å². The van der Waals surface area contributed by atoms with E-state index in [4.69, 9.17) is 15.3 Å². The smallest absolute Gasteiger partial charge is 0.265 e. The number of benzene rings is 1. The second-order valence-corrected chi connectivity index (χ2v) is 3.54. The van der Waals surface area contributed by atoms with Gasteiger partial charge in [0.05, 0.1) is 13.2 Å². The monoisotopic (exact) mass is 250 g/mol. The third-order valence-electron chi connectivity index (χ3n) is 2.19. The summed E-state index contributed by atoms with van der Waals surface area (Å²) in [6.45, 7) is 5.18. The molecule has 0 atom stereocenters. The number of rotatable bonds is 8. The lowest BCUT2D eigenvalue weighted by Gasteiger charge is -2.07. The normalized spacial score (nSPS) is 9.83. The molecule has 1 aromatic rings.